The summed E-state index contributed by atoms with van der Waals surface area (Å²) in [6.07, 6.45) is 5.72. The Hall–Kier alpha value is -1.82. The van der Waals surface area contributed by atoms with Gasteiger partial charge in [0.2, 0.25) is 5.91 Å². The highest BCUT2D eigenvalue weighted by molar-refractivity contribution is 5.95. The normalized spacial score (nSPS) is 18.9. The summed E-state index contributed by atoms with van der Waals surface area (Å²) in [5.41, 5.74) is 0.591. The molecule has 1 aromatic heterocycles. The number of amides is 2. The van der Waals surface area contributed by atoms with Gasteiger partial charge >= 0.3 is 0 Å². The van der Waals surface area contributed by atoms with E-state index in [0.29, 0.717) is 31.0 Å². The number of hydrogen-bond acceptors (Lipinski definition) is 4. The fourth-order valence-corrected chi connectivity index (χ4v) is 2.97. The molecule has 2 heterocycles. The summed E-state index contributed by atoms with van der Waals surface area (Å²) in [7, 11) is 0. The van der Waals surface area contributed by atoms with Gasteiger partial charge in [0, 0.05) is 19.1 Å². The van der Waals surface area contributed by atoms with Crippen molar-refractivity contribution in [2.45, 2.75) is 38.6 Å². The topological polar surface area (TPSA) is 74.6 Å². The molecule has 2 fully saturated rings. The quantitative estimate of drug-likeness (QED) is 0.829. The molecule has 0 atom stereocenters. The number of furan rings is 1. The first kappa shape index (κ1) is 16.1. The van der Waals surface area contributed by atoms with Crippen molar-refractivity contribution < 1.29 is 14.0 Å². The Morgan fingerprint density at radius 2 is 2.00 bits per heavy atom. The molecule has 126 valence electrons. The van der Waals surface area contributed by atoms with E-state index in [4.69, 9.17) is 4.42 Å². The summed E-state index contributed by atoms with van der Waals surface area (Å²) in [5, 5.41) is 6.28. The molecule has 1 aliphatic heterocycles. The molecule has 1 saturated carbocycles. The van der Waals surface area contributed by atoms with Crippen molar-refractivity contribution in [1.29, 1.82) is 0 Å². The smallest absolute Gasteiger partial charge is 0.255 e. The Bertz CT molecular complexity index is 557. The van der Waals surface area contributed by atoms with Gasteiger partial charge in [-0.1, -0.05) is 0 Å². The van der Waals surface area contributed by atoms with Gasteiger partial charge in [0.1, 0.15) is 5.76 Å². The lowest BCUT2D eigenvalue weighted by Gasteiger charge is -2.32. The zero-order chi connectivity index (χ0) is 16.2. The number of carbonyl (C=O) groups excluding carboxylic acids is 2. The van der Waals surface area contributed by atoms with Crippen LogP contribution in [-0.4, -0.2) is 48.9 Å². The first-order valence-electron chi connectivity index (χ1n) is 8.47. The van der Waals surface area contributed by atoms with E-state index >= 15 is 0 Å². The molecule has 0 radical (unpaired) electrons. The average molecular weight is 319 g/mol. The summed E-state index contributed by atoms with van der Waals surface area (Å²) in [6.45, 7) is 4.59. The summed E-state index contributed by atoms with van der Waals surface area (Å²) in [6, 6.07) is 1.81. The molecule has 2 N–H and O–H groups in total. The van der Waals surface area contributed by atoms with Crippen LogP contribution in [0.25, 0.3) is 0 Å². The molecule has 0 unspecified atom stereocenters. The predicted molar refractivity (Wildman–Crippen MR) is 86.1 cm³/mol. The van der Waals surface area contributed by atoms with Crippen LogP contribution in [0.3, 0.4) is 0 Å². The van der Waals surface area contributed by atoms with Crippen LogP contribution in [0.1, 0.15) is 41.8 Å². The molecule has 0 aromatic carbocycles. The molecule has 0 bridgehead atoms. The van der Waals surface area contributed by atoms with Crippen molar-refractivity contribution in [1.82, 2.24) is 15.5 Å². The third kappa shape index (κ3) is 4.34. The van der Waals surface area contributed by atoms with Crippen molar-refractivity contribution in [3.05, 3.63) is 23.7 Å². The van der Waals surface area contributed by atoms with E-state index in [2.05, 4.69) is 10.6 Å². The van der Waals surface area contributed by atoms with Gasteiger partial charge < -0.3 is 20.0 Å². The third-order valence-corrected chi connectivity index (χ3v) is 4.69. The van der Waals surface area contributed by atoms with Crippen LogP contribution in [0.5, 0.6) is 0 Å². The van der Waals surface area contributed by atoms with Crippen molar-refractivity contribution in [3.63, 3.8) is 0 Å². The van der Waals surface area contributed by atoms with Gasteiger partial charge in [-0.3, -0.25) is 9.59 Å². The van der Waals surface area contributed by atoms with Crippen LogP contribution in [0, 0.1) is 12.8 Å². The lowest BCUT2D eigenvalue weighted by molar-refractivity contribution is -0.131. The number of likely N-dealkylation sites (tertiary alicyclic amines) is 1. The Labute approximate surface area is 136 Å². The second kappa shape index (κ2) is 7.17. The summed E-state index contributed by atoms with van der Waals surface area (Å²) in [5.74, 6) is 1.50. The zero-order valence-corrected chi connectivity index (χ0v) is 13.6. The minimum Gasteiger partial charge on any atom is -0.469 e. The SMILES string of the molecule is Cc1occc1C(=O)NC1CCN(C(=O)CNCC2CC2)CC1. The molecule has 23 heavy (non-hydrogen) atoms. The second-order valence-corrected chi connectivity index (χ2v) is 6.59. The van der Waals surface area contributed by atoms with E-state index in [1.54, 1.807) is 13.0 Å². The summed E-state index contributed by atoms with van der Waals surface area (Å²) in [4.78, 5) is 26.2. The average Bonchev–Trinajstić information content (AvgIpc) is 3.26. The van der Waals surface area contributed by atoms with E-state index in [0.717, 1.165) is 25.3 Å². The second-order valence-electron chi connectivity index (χ2n) is 6.59. The highest BCUT2D eigenvalue weighted by atomic mass is 16.3. The molecule has 6 heteroatoms. The maximum Gasteiger partial charge on any atom is 0.255 e. The monoisotopic (exact) mass is 319 g/mol. The van der Waals surface area contributed by atoms with Gasteiger partial charge in [-0.05, 0) is 51.1 Å². The molecule has 1 aliphatic carbocycles. The number of hydrogen-bond donors (Lipinski definition) is 2. The fraction of sp³-hybridized carbons (Fsp3) is 0.647. The van der Waals surface area contributed by atoms with Crippen LogP contribution in [0.4, 0.5) is 0 Å². The lowest BCUT2D eigenvalue weighted by Crippen LogP contribution is -2.48. The Kier molecular flexibility index (Phi) is 5.00. The molecule has 0 spiro atoms. The van der Waals surface area contributed by atoms with Gasteiger partial charge in [0.05, 0.1) is 18.4 Å². The van der Waals surface area contributed by atoms with Crippen molar-refractivity contribution in [2.75, 3.05) is 26.2 Å². The van der Waals surface area contributed by atoms with E-state index in [1.165, 1.54) is 19.1 Å². The van der Waals surface area contributed by atoms with Gasteiger partial charge in [0.15, 0.2) is 0 Å². The Morgan fingerprint density at radius 1 is 1.26 bits per heavy atom. The molecule has 1 saturated heterocycles. The number of nitrogens with one attached hydrogen (secondary N) is 2. The minimum atomic E-state index is -0.0906. The number of aryl methyl sites for hydroxylation is 1. The zero-order valence-electron chi connectivity index (χ0n) is 13.6. The predicted octanol–water partition coefficient (Wildman–Crippen LogP) is 1.31. The molecule has 1 aromatic rings. The Balaban J connectivity index is 1.38. The van der Waals surface area contributed by atoms with Crippen LogP contribution >= 0.6 is 0 Å². The van der Waals surface area contributed by atoms with Crippen LogP contribution < -0.4 is 10.6 Å². The van der Waals surface area contributed by atoms with E-state index in [-0.39, 0.29) is 17.9 Å². The summed E-state index contributed by atoms with van der Waals surface area (Å²) >= 11 is 0. The van der Waals surface area contributed by atoms with Crippen molar-refractivity contribution >= 4 is 11.8 Å². The minimum absolute atomic E-state index is 0.0906. The number of rotatable bonds is 6. The number of carbonyl (C=O) groups is 2. The first-order chi connectivity index (χ1) is 11.1. The molecule has 2 aliphatic rings. The van der Waals surface area contributed by atoms with Crippen LogP contribution in [0.15, 0.2) is 16.7 Å². The first-order valence-corrected chi connectivity index (χ1v) is 8.47. The van der Waals surface area contributed by atoms with E-state index in [1.807, 2.05) is 4.90 Å². The van der Waals surface area contributed by atoms with Crippen molar-refractivity contribution in [2.24, 2.45) is 5.92 Å². The number of nitrogens with zero attached hydrogens (tertiary/aromatic N) is 1. The standard InChI is InChI=1S/C17H25N3O3/c1-12-15(6-9-23-12)17(22)19-14-4-7-20(8-5-14)16(21)11-18-10-13-2-3-13/h6,9,13-14,18H,2-5,7-8,10-11H2,1H3,(H,19,22). The molecule has 6 nitrogen and oxygen atoms in total. The fourth-order valence-electron chi connectivity index (χ4n) is 2.97. The maximum atomic E-state index is 12.2. The molecule has 3 rings (SSSR count). The van der Waals surface area contributed by atoms with Gasteiger partial charge in [-0.15, -0.1) is 0 Å². The largest absolute Gasteiger partial charge is 0.469 e. The molecular formula is C17H25N3O3. The van der Waals surface area contributed by atoms with Gasteiger partial charge in [-0.25, -0.2) is 0 Å². The molecular weight excluding hydrogens is 294 g/mol. The lowest BCUT2D eigenvalue weighted by atomic mass is 10.0. The Morgan fingerprint density at radius 3 is 2.61 bits per heavy atom. The third-order valence-electron chi connectivity index (χ3n) is 4.69. The molecule has 2 amide bonds. The van der Waals surface area contributed by atoms with Gasteiger partial charge in [0.25, 0.3) is 5.91 Å². The maximum absolute atomic E-state index is 12.2. The van der Waals surface area contributed by atoms with Crippen LogP contribution in [0.2, 0.25) is 0 Å². The number of piperidine rings is 1. The summed E-state index contributed by atoms with van der Waals surface area (Å²) < 4.78 is 5.16. The van der Waals surface area contributed by atoms with Gasteiger partial charge in [-0.2, -0.15) is 0 Å². The van der Waals surface area contributed by atoms with E-state index < -0.39 is 0 Å². The highest BCUT2D eigenvalue weighted by Crippen LogP contribution is 2.27. The van der Waals surface area contributed by atoms with E-state index in [9.17, 15) is 9.59 Å². The van der Waals surface area contributed by atoms with Crippen molar-refractivity contribution in [3.8, 4) is 0 Å². The van der Waals surface area contributed by atoms with Crippen LogP contribution in [-0.2, 0) is 4.79 Å². The highest BCUT2D eigenvalue weighted by Gasteiger charge is 2.25.